The normalized spacial score (nSPS) is 16.2. The van der Waals surface area contributed by atoms with Gasteiger partial charge < -0.3 is 15.4 Å². The maximum atomic E-state index is 5.47. The molecule has 1 aromatic carbocycles. The van der Waals surface area contributed by atoms with Crippen LogP contribution in [0.5, 0.6) is 5.75 Å². The van der Waals surface area contributed by atoms with Crippen molar-refractivity contribution < 1.29 is 4.74 Å². The van der Waals surface area contributed by atoms with E-state index in [-0.39, 0.29) is 0 Å². The number of hydrogen-bond donors (Lipinski definition) is 2. The number of aromatic nitrogens is 1. The molecular formula is C16H21N3O. The SMILES string of the molecule is COc1cccc2ccnc(NCC3CCNCC3)c12. The highest BCUT2D eigenvalue weighted by Crippen LogP contribution is 2.30. The molecule has 0 bridgehead atoms. The summed E-state index contributed by atoms with van der Waals surface area (Å²) in [7, 11) is 1.71. The van der Waals surface area contributed by atoms with E-state index in [0.29, 0.717) is 0 Å². The van der Waals surface area contributed by atoms with E-state index in [1.165, 1.54) is 12.8 Å². The highest BCUT2D eigenvalue weighted by Gasteiger charge is 2.14. The molecule has 1 fully saturated rings. The molecule has 106 valence electrons. The van der Waals surface area contributed by atoms with Gasteiger partial charge in [-0.3, -0.25) is 0 Å². The summed E-state index contributed by atoms with van der Waals surface area (Å²) in [5.74, 6) is 2.53. The summed E-state index contributed by atoms with van der Waals surface area (Å²) >= 11 is 0. The molecule has 2 heterocycles. The fourth-order valence-corrected chi connectivity index (χ4v) is 2.83. The molecule has 1 aliphatic heterocycles. The Morgan fingerprint density at radius 1 is 1.30 bits per heavy atom. The summed E-state index contributed by atoms with van der Waals surface area (Å²) in [6.07, 6.45) is 4.32. The third-order valence-electron chi connectivity index (χ3n) is 3.99. The van der Waals surface area contributed by atoms with Crippen LogP contribution in [0, 0.1) is 5.92 Å². The van der Waals surface area contributed by atoms with Gasteiger partial charge in [0.25, 0.3) is 0 Å². The minimum atomic E-state index is 0.725. The van der Waals surface area contributed by atoms with E-state index >= 15 is 0 Å². The molecule has 1 aromatic heterocycles. The van der Waals surface area contributed by atoms with E-state index in [9.17, 15) is 0 Å². The van der Waals surface area contributed by atoms with Gasteiger partial charge in [0.05, 0.1) is 12.5 Å². The lowest BCUT2D eigenvalue weighted by Gasteiger charge is -2.23. The number of anilines is 1. The first kappa shape index (κ1) is 13.2. The first-order chi connectivity index (χ1) is 9.88. The van der Waals surface area contributed by atoms with Crippen LogP contribution in [0.2, 0.25) is 0 Å². The lowest BCUT2D eigenvalue weighted by atomic mass is 9.98. The summed E-state index contributed by atoms with van der Waals surface area (Å²) < 4.78 is 5.47. The van der Waals surface area contributed by atoms with Crippen LogP contribution in [0.3, 0.4) is 0 Å². The molecule has 2 N–H and O–H groups in total. The third kappa shape index (κ3) is 2.70. The second kappa shape index (κ2) is 6.09. The highest BCUT2D eigenvalue weighted by atomic mass is 16.5. The standard InChI is InChI=1S/C16H21N3O/c1-20-14-4-2-3-13-7-10-18-16(15(13)14)19-11-12-5-8-17-9-6-12/h2-4,7,10,12,17H,5-6,8-9,11H2,1H3,(H,18,19). The zero-order chi connectivity index (χ0) is 13.8. The van der Waals surface area contributed by atoms with E-state index in [2.05, 4.69) is 21.7 Å². The molecule has 0 radical (unpaired) electrons. The predicted molar refractivity (Wildman–Crippen MR) is 82.4 cm³/mol. The number of fused-ring (bicyclic) bond motifs is 1. The number of rotatable bonds is 4. The molecule has 0 amide bonds. The van der Waals surface area contributed by atoms with Gasteiger partial charge in [-0.25, -0.2) is 4.98 Å². The van der Waals surface area contributed by atoms with Crippen molar-refractivity contribution >= 4 is 16.6 Å². The summed E-state index contributed by atoms with van der Waals surface area (Å²) in [5.41, 5.74) is 0. The minimum absolute atomic E-state index is 0.725. The molecular weight excluding hydrogens is 250 g/mol. The van der Waals surface area contributed by atoms with Crippen molar-refractivity contribution in [3.8, 4) is 5.75 Å². The summed E-state index contributed by atoms with van der Waals surface area (Å²) in [6.45, 7) is 3.23. The molecule has 0 saturated carbocycles. The predicted octanol–water partition coefficient (Wildman–Crippen LogP) is 2.65. The Balaban J connectivity index is 1.83. The quantitative estimate of drug-likeness (QED) is 0.897. The zero-order valence-corrected chi connectivity index (χ0v) is 11.9. The van der Waals surface area contributed by atoms with Crippen LogP contribution in [-0.4, -0.2) is 31.7 Å². The average molecular weight is 271 g/mol. The Kier molecular flexibility index (Phi) is 4.02. The van der Waals surface area contributed by atoms with Crippen LogP contribution in [0.15, 0.2) is 30.5 Å². The molecule has 0 atom stereocenters. The molecule has 1 aliphatic rings. The summed E-state index contributed by atoms with van der Waals surface area (Å²) in [4.78, 5) is 4.49. The van der Waals surface area contributed by atoms with E-state index in [1.807, 2.05) is 24.4 Å². The second-order valence-electron chi connectivity index (χ2n) is 5.29. The number of ether oxygens (including phenoxy) is 1. The van der Waals surface area contributed by atoms with Crippen molar-refractivity contribution in [1.82, 2.24) is 10.3 Å². The van der Waals surface area contributed by atoms with Crippen LogP contribution in [0.1, 0.15) is 12.8 Å². The topological polar surface area (TPSA) is 46.2 Å². The second-order valence-corrected chi connectivity index (χ2v) is 5.29. The van der Waals surface area contributed by atoms with Gasteiger partial charge in [-0.1, -0.05) is 12.1 Å². The van der Waals surface area contributed by atoms with Crippen molar-refractivity contribution in [3.05, 3.63) is 30.5 Å². The first-order valence-electron chi connectivity index (χ1n) is 7.25. The number of benzene rings is 1. The molecule has 0 spiro atoms. The Morgan fingerprint density at radius 2 is 2.15 bits per heavy atom. The Labute approximate surface area is 119 Å². The van der Waals surface area contributed by atoms with Crippen molar-refractivity contribution in [3.63, 3.8) is 0 Å². The highest BCUT2D eigenvalue weighted by molar-refractivity contribution is 5.96. The summed E-state index contributed by atoms with van der Waals surface area (Å²) in [6, 6.07) is 8.11. The molecule has 4 nitrogen and oxygen atoms in total. The average Bonchev–Trinajstić information content (AvgIpc) is 2.53. The van der Waals surface area contributed by atoms with Crippen molar-refractivity contribution in [1.29, 1.82) is 0 Å². The van der Waals surface area contributed by atoms with Crippen molar-refractivity contribution in [2.24, 2.45) is 5.92 Å². The lowest BCUT2D eigenvalue weighted by molar-refractivity contribution is 0.389. The van der Waals surface area contributed by atoms with Crippen LogP contribution in [-0.2, 0) is 0 Å². The van der Waals surface area contributed by atoms with Gasteiger partial charge in [0.2, 0.25) is 0 Å². The molecule has 0 unspecified atom stereocenters. The van der Waals surface area contributed by atoms with E-state index in [4.69, 9.17) is 4.74 Å². The number of nitrogens with one attached hydrogen (secondary N) is 2. The first-order valence-corrected chi connectivity index (χ1v) is 7.25. The van der Waals surface area contributed by atoms with Gasteiger partial charge in [0.15, 0.2) is 0 Å². The van der Waals surface area contributed by atoms with Gasteiger partial charge in [-0.05, 0) is 49.4 Å². The zero-order valence-electron chi connectivity index (χ0n) is 11.9. The lowest BCUT2D eigenvalue weighted by Crippen LogP contribution is -2.31. The minimum Gasteiger partial charge on any atom is -0.496 e. The number of methoxy groups -OCH3 is 1. The molecule has 0 aliphatic carbocycles. The molecule has 4 heteroatoms. The van der Waals surface area contributed by atoms with Gasteiger partial charge in [-0.15, -0.1) is 0 Å². The van der Waals surface area contributed by atoms with E-state index in [0.717, 1.165) is 47.9 Å². The van der Waals surface area contributed by atoms with Gasteiger partial charge in [0, 0.05) is 12.7 Å². The number of nitrogens with zero attached hydrogens (tertiary/aromatic N) is 1. The Morgan fingerprint density at radius 3 is 2.95 bits per heavy atom. The third-order valence-corrected chi connectivity index (χ3v) is 3.99. The summed E-state index contributed by atoms with van der Waals surface area (Å²) in [5, 5.41) is 9.15. The number of pyridine rings is 1. The van der Waals surface area contributed by atoms with Crippen LogP contribution < -0.4 is 15.4 Å². The number of hydrogen-bond acceptors (Lipinski definition) is 4. The smallest absolute Gasteiger partial charge is 0.137 e. The Hall–Kier alpha value is -1.81. The monoisotopic (exact) mass is 271 g/mol. The molecule has 1 saturated heterocycles. The number of piperidine rings is 1. The maximum absolute atomic E-state index is 5.47. The fraction of sp³-hybridized carbons (Fsp3) is 0.438. The van der Waals surface area contributed by atoms with Gasteiger partial charge in [0.1, 0.15) is 11.6 Å². The Bertz CT molecular complexity index is 574. The van der Waals surface area contributed by atoms with Gasteiger partial charge >= 0.3 is 0 Å². The van der Waals surface area contributed by atoms with Crippen LogP contribution in [0.25, 0.3) is 10.8 Å². The maximum Gasteiger partial charge on any atom is 0.137 e. The van der Waals surface area contributed by atoms with E-state index < -0.39 is 0 Å². The van der Waals surface area contributed by atoms with Crippen molar-refractivity contribution in [2.45, 2.75) is 12.8 Å². The van der Waals surface area contributed by atoms with Crippen molar-refractivity contribution in [2.75, 3.05) is 32.1 Å². The van der Waals surface area contributed by atoms with Gasteiger partial charge in [-0.2, -0.15) is 0 Å². The largest absolute Gasteiger partial charge is 0.496 e. The van der Waals surface area contributed by atoms with Crippen LogP contribution >= 0.6 is 0 Å². The fourth-order valence-electron chi connectivity index (χ4n) is 2.83. The van der Waals surface area contributed by atoms with E-state index in [1.54, 1.807) is 7.11 Å². The molecule has 3 rings (SSSR count). The van der Waals surface area contributed by atoms with Crippen LogP contribution in [0.4, 0.5) is 5.82 Å². The molecule has 2 aromatic rings. The molecule has 20 heavy (non-hydrogen) atoms.